The molecule has 2 aromatic rings. The SMILES string of the molecule is CCCCNc1ccnc(C(=O)Nc2ccc(Cl)cc2C(F)(F)F)c1. The second kappa shape index (κ2) is 8.20. The number of nitrogens with one attached hydrogen (secondary N) is 2. The van der Waals surface area contributed by atoms with Crippen molar-refractivity contribution < 1.29 is 18.0 Å². The van der Waals surface area contributed by atoms with Gasteiger partial charge in [-0.3, -0.25) is 9.78 Å². The van der Waals surface area contributed by atoms with Crippen LogP contribution in [0.15, 0.2) is 36.5 Å². The second-order valence-electron chi connectivity index (χ2n) is 5.35. The Hall–Kier alpha value is -2.28. The first-order valence-electron chi connectivity index (χ1n) is 7.69. The van der Waals surface area contributed by atoms with E-state index in [1.807, 2.05) is 0 Å². The normalized spacial score (nSPS) is 11.2. The highest BCUT2D eigenvalue weighted by atomic mass is 35.5. The molecule has 4 nitrogen and oxygen atoms in total. The largest absolute Gasteiger partial charge is 0.418 e. The molecule has 0 spiro atoms. The first kappa shape index (κ1) is 19.1. The molecule has 0 saturated carbocycles. The van der Waals surface area contributed by atoms with Crippen molar-refractivity contribution in [1.29, 1.82) is 0 Å². The van der Waals surface area contributed by atoms with Crippen LogP contribution in [0.3, 0.4) is 0 Å². The number of anilines is 2. The number of unbranched alkanes of at least 4 members (excludes halogenated alkanes) is 1. The van der Waals surface area contributed by atoms with E-state index in [1.165, 1.54) is 18.3 Å². The van der Waals surface area contributed by atoms with Crippen molar-refractivity contribution in [2.75, 3.05) is 17.2 Å². The Morgan fingerprint density at radius 3 is 2.68 bits per heavy atom. The monoisotopic (exact) mass is 371 g/mol. The molecule has 0 bridgehead atoms. The summed E-state index contributed by atoms with van der Waals surface area (Å²) in [5, 5.41) is 5.31. The highest BCUT2D eigenvalue weighted by Gasteiger charge is 2.34. The molecule has 1 aromatic carbocycles. The molecule has 0 aliphatic rings. The van der Waals surface area contributed by atoms with Crippen molar-refractivity contribution in [1.82, 2.24) is 4.98 Å². The molecule has 0 aliphatic heterocycles. The maximum Gasteiger partial charge on any atom is 0.418 e. The van der Waals surface area contributed by atoms with Gasteiger partial charge in [0, 0.05) is 23.5 Å². The number of hydrogen-bond donors (Lipinski definition) is 2. The van der Waals surface area contributed by atoms with Gasteiger partial charge in [-0.2, -0.15) is 13.2 Å². The number of carbonyl (C=O) groups is 1. The van der Waals surface area contributed by atoms with Gasteiger partial charge in [0.05, 0.1) is 11.3 Å². The predicted molar refractivity (Wildman–Crippen MR) is 92.0 cm³/mol. The molecular weight excluding hydrogens is 355 g/mol. The highest BCUT2D eigenvalue weighted by Crippen LogP contribution is 2.36. The van der Waals surface area contributed by atoms with Crippen molar-refractivity contribution >= 4 is 28.9 Å². The van der Waals surface area contributed by atoms with Crippen LogP contribution in [0.5, 0.6) is 0 Å². The average molecular weight is 372 g/mol. The summed E-state index contributed by atoms with van der Waals surface area (Å²) < 4.78 is 39.2. The van der Waals surface area contributed by atoms with Crippen molar-refractivity contribution in [3.05, 3.63) is 52.8 Å². The zero-order valence-corrected chi connectivity index (χ0v) is 14.2. The van der Waals surface area contributed by atoms with Crippen molar-refractivity contribution in [2.45, 2.75) is 25.9 Å². The minimum atomic E-state index is -4.63. The lowest BCUT2D eigenvalue weighted by Gasteiger charge is -2.14. The van der Waals surface area contributed by atoms with Gasteiger partial charge in [-0.25, -0.2) is 0 Å². The number of amides is 1. The van der Waals surface area contributed by atoms with Gasteiger partial charge in [0.2, 0.25) is 0 Å². The van der Waals surface area contributed by atoms with Gasteiger partial charge in [0.1, 0.15) is 5.69 Å². The van der Waals surface area contributed by atoms with Crippen molar-refractivity contribution in [3.63, 3.8) is 0 Å². The summed E-state index contributed by atoms with van der Waals surface area (Å²) in [5.74, 6) is -0.730. The highest BCUT2D eigenvalue weighted by molar-refractivity contribution is 6.30. The molecule has 2 N–H and O–H groups in total. The quantitative estimate of drug-likeness (QED) is 0.684. The molecule has 0 radical (unpaired) electrons. The Morgan fingerprint density at radius 2 is 2.00 bits per heavy atom. The first-order valence-corrected chi connectivity index (χ1v) is 8.07. The van der Waals surface area contributed by atoms with Gasteiger partial charge in [0.25, 0.3) is 5.91 Å². The summed E-state index contributed by atoms with van der Waals surface area (Å²) in [4.78, 5) is 16.2. The van der Waals surface area contributed by atoms with Gasteiger partial charge in [-0.1, -0.05) is 24.9 Å². The second-order valence-corrected chi connectivity index (χ2v) is 5.79. The molecule has 0 unspecified atom stereocenters. The summed E-state index contributed by atoms with van der Waals surface area (Å²) in [6.07, 6.45) is -1.23. The lowest BCUT2D eigenvalue weighted by Crippen LogP contribution is -2.18. The fourth-order valence-corrected chi connectivity index (χ4v) is 2.29. The van der Waals surface area contributed by atoms with Gasteiger partial charge >= 0.3 is 6.18 Å². The topological polar surface area (TPSA) is 54.0 Å². The van der Waals surface area contributed by atoms with Gasteiger partial charge in [0.15, 0.2) is 0 Å². The van der Waals surface area contributed by atoms with Crippen LogP contribution in [0.25, 0.3) is 0 Å². The van der Waals surface area contributed by atoms with Gasteiger partial charge in [-0.05, 0) is 36.8 Å². The molecule has 2 rings (SSSR count). The van der Waals surface area contributed by atoms with Crippen molar-refractivity contribution in [3.8, 4) is 0 Å². The fourth-order valence-electron chi connectivity index (χ4n) is 2.12. The van der Waals surface area contributed by atoms with Crippen LogP contribution < -0.4 is 10.6 Å². The van der Waals surface area contributed by atoms with Gasteiger partial charge in [-0.15, -0.1) is 0 Å². The predicted octanol–water partition coefficient (Wildman–Crippen LogP) is 5.22. The lowest BCUT2D eigenvalue weighted by molar-refractivity contribution is -0.136. The van der Waals surface area contributed by atoms with Crippen molar-refractivity contribution in [2.24, 2.45) is 0 Å². The maximum atomic E-state index is 13.1. The van der Waals surface area contributed by atoms with Crippen LogP contribution >= 0.6 is 11.6 Å². The van der Waals surface area contributed by atoms with E-state index in [0.29, 0.717) is 5.69 Å². The van der Waals surface area contributed by atoms with E-state index in [-0.39, 0.29) is 16.4 Å². The Morgan fingerprint density at radius 1 is 1.24 bits per heavy atom. The van der Waals surface area contributed by atoms with E-state index in [2.05, 4.69) is 22.5 Å². The standard InChI is InChI=1S/C17H17ClF3N3O/c1-2-3-7-22-12-6-8-23-15(10-12)16(25)24-14-5-4-11(18)9-13(14)17(19,20)21/h4-6,8-10H,2-3,7H2,1H3,(H,22,23)(H,24,25). The molecule has 25 heavy (non-hydrogen) atoms. The van der Waals surface area contributed by atoms with Crippen LogP contribution in [0, 0.1) is 0 Å². The Kier molecular flexibility index (Phi) is 6.25. The summed E-state index contributed by atoms with van der Waals surface area (Å²) >= 11 is 5.62. The molecule has 1 amide bonds. The lowest BCUT2D eigenvalue weighted by atomic mass is 10.1. The average Bonchev–Trinajstić information content (AvgIpc) is 2.56. The smallest absolute Gasteiger partial charge is 0.385 e. The third-order valence-corrected chi connectivity index (χ3v) is 3.62. The van der Waals surface area contributed by atoms with E-state index in [0.717, 1.165) is 31.5 Å². The minimum absolute atomic E-state index is 0.0181. The summed E-state index contributed by atoms with van der Waals surface area (Å²) in [7, 11) is 0. The number of carbonyl (C=O) groups excluding carboxylic acids is 1. The third kappa shape index (κ3) is 5.35. The molecule has 1 heterocycles. The van der Waals surface area contributed by atoms with Gasteiger partial charge < -0.3 is 10.6 Å². The summed E-state index contributed by atoms with van der Waals surface area (Å²) in [6, 6.07) is 6.35. The number of pyridine rings is 1. The number of aromatic nitrogens is 1. The van der Waals surface area contributed by atoms with E-state index < -0.39 is 17.6 Å². The van der Waals surface area contributed by atoms with Crippen LogP contribution in [0.4, 0.5) is 24.5 Å². The van der Waals surface area contributed by atoms with Crippen LogP contribution in [0.1, 0.15) is 35.8 Å². The Balaban J connectivity index is 2.19. The number of benzene rings is 1. The Bertz CT molecular complexity index is 750. The molecule has 0 saturated heterocycles. The number of hydrogen-bond acceptors (Lipinski definition) is 3. The van der Waals surface area contributed by atoms with E-state index in [9.17, 15) is 18.0 Å². The molecule has 8 heteroatoms. The third-order valence-electron chi connectivity index (χ3n) is 3.39. The summed E-state index contributed by atoms with van der Waals surface area (Å²) in [6.45, 7) is 2.79. The van der Waals surface area contributed by atoms with Crippen LogP contribution in [-0.4, -0.2) is 17.4 Å². The van der Waals surface area contributed by atoms with E-state index in [1.54, 1.807) is 6.07 Å². The zero-order valence-electron chi connectivity index (χ0n) is 13.5. The molecule has 0 aliphatic carbocycles. The number of rotatable bonds is 6. The zero-order chi connectivity index (χ0) is 18.4. The molecule has 0 atom stereocenters. The van der Waals surface area contributed by atoms with Crippen LogP contribution in [0.2, 0.25) is 5.02 Å². The van der Waals surface area contributed by atoms with Crippen LogP contribution in [-0.2, 0) is 6.18 Å². The van der Waals surface area contributed by atoms with E-state index >= 15 is 0 Å². The molecular formula is C17H17ClF3N3O. The van der Waals surface area contributed by atoms with E-state index in [4.69, 9.17) is 11.6 Å². The molecule has 0 fully saturated rings. The Labute approximate surface area is 148 Å². The number of halogens is 4. The first-order chi connectivity index (χ1) is 11.8. The summed E-state index contributed by atoms with van der Waals surface area (Å²) in [5.41, 5.74) is -0.677. The molecule has 1 aromatic heterocycles. The molecule has 134 valence electrons. The maximum absolute atomic E-state index is 13.1. The number of nitrogens with zero attached hydrogens (tertiary/aromatic N) is 1. The fraction of sp³-hybridized carbons (Fsp3) is 0.294. The number of alkyl halides is 3. The minimum Gasteiger partial charge on any atom is -0.385 e.